The Hall–Kier alpha value is -2.13. The average Bonchev–Trinajstić information content (AvgIpc) is 2.99. The maximum Gasteiger partial charge on any atom is 0.318 e. The van der Waals surface area contributed by atoms with Crippen LogP contribution in [0.2, 0.25) is 0 Å². The molecule has 25 heavy (non-hydrogen) atoms. The van der Waals surface area contributed by atoms with E-state index in [1.165, 1.54) is 28.7 Å². The van der Waals surface area contributed by atoms with Gasteiger partial charge in [0.05, 0.1) is 5.25 Å². The molecule has 2 aromatic rings. The van der Waals surface area contributed by atoms with Crippen molar-refractivity contribution < 1.29 is 9.59 Å². The van der Waals surface area contributed by atoms with E-state index in [-0.39, 0.29) is 5.92 Å². The molecule has 1 aromatic carbocycles. The van der Waals surface area contributed by atoms with Crippen molar-refractivity contribution in [2.45, 2.75) is 36.8 Å². The minimum Gasteiger partial charge on any atom is -0.351 e. The molecule has 1 aromatic heterocycles. The first-order chi connectivity index (χ1) is 11.9. The van der Waals surface area contributed by atoms with Gasteiger partial charge in [-0.15, -0.1) is 10.2 Å². The molecule has 0 unspecified atom stereocenters. The summed E-state index contributed by atoms with van der Waals surface area (Å²) in [5.41, 5.74) is 7.21. The van der Waals surface area contributed by atoms with E-state index in [1.807, 2.05) is 26.0 Å². The van der Waals surface area contributed by atoms with Gasteiger partial charge in [-0.25, -0.2) is 4.79 Å². The number of aromatic nitrogens is 2. The van der Waals surface area contributed by atoms with Gasteiger partial charge in [-0.1, -0.05) is 56.0 Å². The van der Waals surface area contributed by atoms with Gasteiger partial charge in [0.1, 0.15) is 0 Å². The van der Waals surface area contributed by atoms with Crippen molar-refractivity contribution in [3.8, 4) is 0 Å². The molecule has 0 spiro atoms. The fourth-order valence-electron chi connectivity index (χ4n) is 2.05. The molecule has 7 nitrogen and oxygen atoms in total. The van der Waals surface area contributed by atoms with E-state index in [1.54, 1.807) is 0 Å². The number of urea groups is 1. The van der Waals surface area contributed by atoms with Crippen LogP contribution in [0.4, 0.5) is 15.6 Å². The molecule has 0 saturated heterocycles. The second kappa shape index (κ2) is 8.82. The number of primary amides is 1. The molecule has 0 radical (unpaired) electrons. The lowest BCUT2D eigenvalue weighted by atomic mass is 10.1. The lowest BCUT2D eigenvalue weighted by Crippen LogP contribution is -2.42. The van der Waals surface area contributed by atoms with E-state index in [9.17, 15) is 9.59 Å². The zero-order chi connectivity index (χ0) is 18.4. The number of carbonyl (C=O) groups is 2. The highest BCUT2D eigenvalue weighted by atomic mass is 32.2. The predicted molar refractivity (Wildman–Crippen MR) is 101 cm³/mol. The second-order valence-electron chi connectivity index (χ2n) is 5.68. The highest BCUT2D eigenvalue weighted by Gasteiger charge is 2.26. The third kappa shape index (κ3) is 5.71. The zero-order valence-corrected chi connectivity index (χ0v) is 15.9. The van der Waals surface area contributed by atoms with Gasteiger partial charge in [-0.05, 0) is 30.0 Å². The molecular weight excluding hydrogens is 358 g/mol. The van der Waals surface area contributed by atoms with Crippen molar-refractivity contribution in [3.05, 3.63) is 29.8 Å². The van der Waals surface area contributed by atoms with Gasteiger partial charge in [0, 0.05) is 5.69 Å². The minimum atomic E-state index is -0.855. The first-order valence-electron chi connectivity index (χ1n) is 7.85. The van der Waals surface area contributed by atoms with Crippen molar-refractivity contribution in [3.63, 3.8) is 0 Å². The summed E-state index contributed by atoms with van der Waals surface area (Å²) in [4.78, 5) is 23.0. The van der Waals surface area contributed by atoms with Gasteiger partial charge in [0.25, 0.3) is 0 Å². The largest absolute Gasteiger partial charge is 0.351 e. The Balaban J connectivity index is 2.03. The minimum absolute atomic E-state index is 0.00578. The van der Waals surface area contributed by atoms with Gasteiger partial charge in [-0.2, -0.15) is 0 Å². The van der Waals surface area contributed by atoms with Crippen molar-refractivity contribution in [2.24, 2.45) is 11.7 Å². The normalized spacial score (nSPS) is 12.0. The Morgan fingerprint density at radius 1 is 1.24 bits per heavy atom. The third-order valence-electron chi connectivity index (χ3n) is 3.36. The number of rotatable bonds is 7. The maximum atomic E-state index is 12.1. The molecule has 0 saturated carbocycles. The van der Waals surface area contributed by atoms with Gasteiger partial charge >= 0.3 is 6.03 Å². The summed E-state index contributed by atoms with van der Waals surface area (Å²) in [6.07, 6.45) is 0.990. The van der Waals surface area contributed by atoms with Crippen LogP contribution in [-0.2, 0) is 11.2 Å². The SMILES string of the molecule is CCc1ccc(Nc2nnc(S[C@H](C(=O)NC(N)=O)C(C)C)s2)cc1. The molecule has 0 aliphatic rings. The standard InChI is InChI=1S/C16H21N5O2S2/c1-4-10-5-7-11(8-6-10)18-15-20-21-16(25-15)24-12(9(2)3)13(22)19-14(17)23/h5-9,12H,4H2,1-3H3,(H,18,20)(H3,17,19,22,23)/t12-/m0/s1. The van der Waals surface area contributed by atoms with E-state index in [0.29, 0.717) is 9.47 Å². The number of imide groups is 1. The number of nitrogens with two attached hydrogens (primary N) is 1. The number of nitrogens with zero attached hydrogens (tertiary/aromatic N) is 2. The first-order valence-corrected chi connectivity index (χ1v) is 9.55. The van der Waals surface area contributed by atoms with Crippen molar-refractivity contribution in [1.82, 2.24) is 15.5 Å². The van der Waals surface area contributed by atoms with Gasteiger partial charge in [-0.3, -0.25) is 10.1 Å². The van der Waals surface area contributed by atoms with E-state index < -0.39 is 17.2 Å². The van der Waals surface area contributed by atoms with Crippen molar-refractivity contribution in [2.75, 3.05) is 5.32 Å². The fourth-order valence-corrected chi connectivity index (χ4v) is 4.03. The van der Waals surface area contributed by atoms with E-state index in [0.717, 1.165) is 12.1 Å². The molecule has 9 heteroatoms. The van der Waals surface area contributed by atoms with Crippen LogP contribution < -0.4 is 16.4 Å². The second-order valence-corrected chi connectivity index (χ2v) is 8.05. The lowest BCUT2D eigenvalue weighted by Gasteiger charge is -2.16. The van der Waals surface area contributed by atoms with Crippen LogP contribution in [0.25, 0.3) is 0 Å². The quantitative estimate of drug-likeness (QED) is 0.638. The summed E-state index contributed by atoms with van der Waals surface area (Å²) >= 11 is 2.62. The van der Waals surface area contributed by atoms with Gasteiger partial charge in [0.2, 0.25) is 11.0 Å². The predicted octanol–water partition coefficient (Wildman–Crippen LogP) is 3.16. The monoisotopic (exact) mass is 379 g/mol. The number of anilines is 2. The van der Waals surface area contributed by atoms with Crippen LogP contribution in [-0.4, -0.2) is 27.4 Å². The Bertz CT molecular complexity index is 730. The summed E-state index contributed by atoms with van der Waals surface area (Å²) in [5.74, 6) is -0.418. The molecule has 0 aliphatic carbocycles. The van der Waals surface area contributed by atoms with Crippen molar-refractivity contribution in [1.29, 1.82) is 0 Å². The summed E-state index contributed by atoms with van der Waals surface area (Å²) in [6, 6.07) is 7.24. The summed E-state index contributed by atoms with van der Waals surface area (Å²) in [7, 11) is 0. The highest BCUT2D eigenvalue weighted by Crippen LogP contribution is 2.33. The van der Waals surface area contributed by atoms with Crippen LogP contribution in [0.15, 0.2) is 28.6 Å². The fraction of sp³-hybridized carbons (Fsp3) is 0.375. The number of hydrogen-bond donors (Lipinski definition) is 3. The number of benzene rings is 1. The van der Waals surface area contributed by atoms with Crippen LogP contribution in [0.1, 0.15) is 26.3 Å². The smallest absolute Gasteiger partial charge is 0.318 e. The van der Waals surface area contributed by atoms with Crippen LogP contribution in [0.5, 0.6) is 0 Å². The molecule has 1 heterocycles. The van der Waals surface area contributed by atoms with Gasteiger partial charge < -0.3 is 11.1 Å². The molecule has 4 N–H and O–H groups in total. The van der Waals surface area contributed by atoms with E-state index in [2.05, 4.69) is 39.9 Å². The van der Waals surface area contributed by atoms with E-state index in [4.69, 9.17) is 5.73 Å². The Kier molecular flexibility index (Phi) is 6.77. The van der Waals surface area contributed by atoms with E-state index >= 15 is 0 Å². The Morgan fingerprint density at radius 3 is 2.48 bits per heavy atom. The molecule has 0 aliphatic heterocycles. The highest BCUT2D eigenvalue weighted by molar-refractivity contribution is 8.02. The summed E-state index contributed by atoms with van der Waals surface area (Å²) in [6.45, 7) is 5.90. The number of nitrogens with one attached hydrogen (secondary N) is 2. The number of carbonyl (C=O) groups excluding carboxylic acids is 2. The number of hydrogen-bond acceptors (Lipinski definition) is 7. The van der Waals surface area contributed by atoms with Crippen LogP contribution >= 0.6 is 23.1 Å². The van der Waals surface area contributed by atoms with Crippen LogP contribution in [0, 0.1) is 5.92 Å². The lowest BCUT2D eigenvalue weighted by molar-refractivity contribution is -0.120. The molecule has 1 atom stereocenters. The topological polar surface area (TPSA) is 110 Å². The molecule has 2 rings (SSSR count). The first kappa shape index (κ1) is 19.2. The zero-order valence-electron chi connectivity index (χ0n) is 14.3. The summed E-state index contributed by atoms with van der Waals surface area (Å²) < 4.78 is 0.644. The third-order valence-corrected chi connectivity index (χ3v) is 5.83. The number of thioether (sulfide) groups is 1. The molecule has 0 bridgehead atoms. The summed E-state index contributed by atoms with van der Waals surface area (Å²) in [5, 5.41) is 13.7. The molecule has 3 amide bonds. The average molecular weight is 380 g/mol. The Morgan fingerprint density at radius 2 is 1.92 bits per heavy atom. The van der Waals surface area contributed by atoms with Crippen LogP contribution in [0.3, 0.4) is 0 Å². The number of aryl methyl sites for hydroxylation is 1. The Labute approximate surface area is 154 Å². The molecule has 0 fully saturated rings. The molecular formula is C16H21N5O2S2. The molecule has 134 valence electrons. The number of amides is 3. The van der Waals surface area contributed by atoms with Gasteiger partial charge in [0.15, 0.2) is 4.34 Å². The van der Waals surface area contributed by atoms with Crippen molar-refractivity contribution >= 4 is 45.9 Å². The maximum absolute atomic E-state index is 12.1.